The van der Waals surface area contributed by atoms with Gasteiger partial charge in [-0.1, -0.05) is 0 Å². The van der Waals surface area contributed by atoms with E-state index >= 15 is 0 Å². The highest BCUT2D eigenvalue weighted by Crippen LogP contribution is 2.02. The maximum Gasteiger partial charge on any atom is 0.223 e. The Morgan fingerprint density at radius 1 is 1.38 bits per heavy atom. The van der Waals surface area contributed by atoms with Gasteiger partial charge in [0.25, 0.3) is 0 Å². The quantitative estimate of drug-likeness (QED) is 0.559. The molecule has 0 aromatic carbocycles. The standard InChI is InChI=1S/C10H13N3/c1-4-5-6-11-10-12-8(2)7-9(3)13-10/h1,7H,5-6H2,2-3H3,(H,11,12,13). The highest BCUT2D eigenvalue weighted by molar-refractivity contribution is 5.27. The summed E-state index contributed by atoms with van der Waals surface area (Å²) in [7, 11) is 0. The fourth-order valence-corrected chi connectivity index (χ4v) is 1.05. The van der Waals surface area contributed by atoms with Crippen molar-refractivity contribution < 1.29 is 0 Å². The molecule has 0 saturated carbocycles. The van der Waals surface area contributed by atoms with E-state index in [1.807, 2.05) is 19.9 Å². The lowest BCUT2D eigenvalue weighted by atomic mass is 10.3. The van der Waals surface area contributed by atoms with Crippen molar-refractivity contribution in [2.75, 3.05) is 11.9 Å². The fraction of sp³-hybridized carbons (Fsp3) is 0.400. The van der Waals surface area contributed by atoms with Gasteiger partial charge in [0.1, 0.15) is 0 Å². The monoisotopic (exact) mass is 175 g/mol. The second-order valence-corrected chi connectivity index (χ2v) is 2.86. The van der Waals surface area contributed by atoms with Crippen molar-refractivity contribution in [1.29, 1.82) is 0 Å². The molecule has 0 spiro atoms. The van der Waals surface area contributed by atoms with Gasteiger partial charge in [0.15, 0.2) is 0 Å². The summed E-state index contributed by atoms with van der Waals surface area (Å²) in [6, 6.07) is 1.94. The van der Waals surface area contributed by atoms with Crippen LogP contribution in [0.4, 0.5) is 5.95 Å². The minimum atomic E-state index is 0.660. The maximum atomic E-state index is 5.12. The molecule has 0 aliphatic carbocycles. The van der Waals surface area contributed by atoms with Crippen molar-refractivity contribution in [3.05, 3.63) is 17.5 Å². The number of terminal acetylenes is 1. The van der Waals surface area contributed by atoms with Gasteiger partial charge in [0.2, 0.25) is 5.95 Å². The van der Waals surface area contributed by atoms with Gasteiger partial charge < -0.3 is 5.32 Å². The van der Waals surface area contributed by atoms with Crippen LogP contribution in [0.15, 0.2) is 6.07 Å². The lowest BCUT2D eigenvalue weighted by Crippen LogP contribution is -2.06. The molecule has 0 radical (unpaired) electrons. The van der Waals surface area contributed by atoms with Crippen molar-refractivity contribution in [3.8, 4) is 12.3 Å². The summed E-state index contributed by atoms with van der Waals surface area (Å²) in [5, 5.41) is 3.06. The predicted molar refractivity (Wildman–Crippen MR) is 53.4 cm³/mol. The number of anilines is 1. The van der Waals surface area contributed by atoms with Gasteiger partial charge in [0.05, 0.1) is 0 Å². The first-order valence-electron chi connectivity index (χ1n) is 4.22. The highest BCUT2D eigenvalue weighted by atomic mass is 15.1. The average Bonchev–Trinajstić information content (AvgIpc) is 2.03. The van der Waals surface area contributed by atoms with Crippen LogP contribution in [0.1, 0.15) is 17.8 Å². The van der Waals surface area contributed by atoms with Crippen LogP contribution in [0.2, 0.25) is 0 Å². The summed E-state index contributed by atoms with van der Waals surface area (Å²) >= 11 is 0. The summed E-state index contributed by atoms with van der Waals surface area (Å²) in [5.74, 6) is 3.21. The second-order valence-electron chi connectivity index (χ2n) is 2.86. The largest absolute Gasteiger partial charge is 0.353 e. The van der Waals surface area contributed by atoms with E-state index in [-0.39, 0.29) is 0 Å². The third kappa shape index (κ3) is 3.12. The first-order chi connectivity index (χ1) is 6.22. The molecule has 0 saturated heterocycles. The van der Waals surface area contributed by atoms with E-state index in [1.165, 1.54) is 0 Å². The summed E-state index contributed by atoms with van der Waals surface area (Å²) in [5.41, 5.74) is 1.94. The normalized spacial score (nSPS) is 9.31. The zero-order chi connectivity index (χ0) is 9.68. The van der Waals surface area contributed by atoms with Crippen LogP contribution in [0.5, 0.6) is 0 Å². The van der Waals surface area contributed by atoms with Gasteiger partial charge >= 0.3 is 0 Å². The molecule has 1 aromatic heterocycles. The van der Waals surface area contributed by atoms with Gasteiger partial charge in [-0.25, -0.2) is 9.97 Å². The molecular formula is C10H13N3. The van der Waals surface area contributed by atoms with Gasteiger partial charge in [-0.05, 0) is 19.9 Å². The molecule has 0 atom stereocenters. The van der Waals surface area contributed by atoms with Crippen molar-refractivity contribution in [2.24, 2.45) is 0 Å². The minimum Gasteiger partial charge on any atom is -0.353 e. The van der Waals surface area contributed by atoms with Crippen LogP contribution < -0.4 is 5.32 Å². The zero-order valence-corrected chi connectivity index (χ0v) is 7.96. The van der Waals surface area contributed by atoms with Gasteiger partial charge in [0, 0.05) is 24.4 Å². The Morgan fingerprint density at radius 3 is 2.54 bits per heavy atom. The molecule has 1 rings (SSSR count). The zero-order valence-electron chi connectivity index (χ0n) is 7.96. The molecule has 0 amide bonds. The van der Waals surface area contributed by atoms with Gasteiger partial charge in [-0.15, -0.1) is 12.3 Å². The molecule has 1 heterocycles. The van der Waals surface area contributed by atoms with Gasteiger partial charge in [-0.2, -0.15) is 0 Å². The predicted octanol–water partition coefficient (Wildman–Crippen LogP) is 1.53. The Balaban J connectivity index is 2.62. The number of aromatic nitrogens is 2. The molecule has 0 aliphatic heterocycles. The van der Waals surface area contributed by atoms with Crippen molar-refractivity contribution >= 4 is 5.95 Å². The molecule has 13 heavy (non-hydrogen) atoms. The summed E-state index contributed by atoms with van der Waals surface area (Å²) in [6.07, 6.45) is 5.81. The number of nitrogens with zero attached hydrogens (tertiary/aromatic N) is 2. The fourth-order valence-electron chi connectivity index (χ4n) is 1.05. The van der Waals surface area contributed by atoms with Crippen molar-refractivity contribution in [2.45, 2.75) is 20.3 Å². The number of hydrogen-bond donors (Lipinski definition) is 1. The van der Waals surface area contributed by atoms with Crippen molar-refractivity contribution in [1.82, 2.24) is 9.97 Å². The molecular weight excluding hydrogens is 162 g/mol. The van der Waals surface area contributed by atoms with E-state index in [0.717, 1.165) is 17.9 Å². The van der Waals surface area contributed by atoms with E-state index in [0.29, 0.717) is 12.4 Å². The molecule has 0 fully saturated rings. The Hall–Kier alpha value is -1.56. The van der Waals surface area contributed by atoms with Crippen LogP contribution >= 0.6 is 0 Å². The van der Waals surface area contributed by atoms with Crippen LogP contribution in [0.3, 0.4) is 0 Å². The molecule has 0 bridgehead atoms. The lowest BCUT2D eigenvalue weighted by Gasteiger charge is -2.03. The number of rotatable bonds is 3. The highest BCUT2D eigenvalue weighted by Gasteiger charge is 1.96. The molecule has 0 unspecified atom stereocenters. The third-order valence-electron chi connectivity index (χ3n) is 1.53. The average molecular weight is 175 g/mol. The summed E-state index contributed by atoms with van der Waals surface area (Å²) in [6.45, 7) is 4.61. The summed E-state index contributed by atoms with van der Waals surface area (Å²) < 4.78 is 0. The van der Waals surface area contributed by atoms with Crippen LogP contribution in [0.25, 0.3) is 0 Å². The van der Waals surface area contributed by atoms with E-state index in [1.54, 1.807) is 0 Å². The SMILES string of the molecule is C#CCCNc1nc(C)cc(C)n1. The van der Waals surface area contributed by atoms with E-state index in [4.69, 9.17) is 6.42 Å². The van der Waals surface area contributed by atoms with E-state index < -0.39 is 0 Å². The maximum absolute atomic E-state index is 5.12. The Morgan fingerprint density at radius 2 is 2.00 bits per heavy atom. The first kappa shape index (κ1) is 9.53. The molecule has 3 heteroatoms. The third-order valence-corrected chi connectivity index (χ3v) is 1.53. The Labute approximate surface area is 78.6 Å². The Bertz CT molecular complexity index is 305. The van der Waals surface area contributed by atoms with E-state index in [2.05, 4.69) is 21.2 Å². The van der Waals surface area contributed by atoms with Crippen molar-refractivity contribution in [3.63, 3.8) is 0 Å². The minimum absolute atomic E-state index is 0.660. The molecule has 68 valence electrons. The number of nitrogens with one attached hydrogen (secondary N) is 1. The molecule has 1 aromatic rings. The summed E-state index contributed by atoms with van der Waals surface area (Å²) in [4.78, 5) is 8.43. The molecule has 1 N–H and O–H groups in total. The molecule has 0 aliphatic rings. The lowest BCUT2D eigenvalue weighted by molar-refractivity contribution is 0.994. The van der Waals surface area contributed by atoms with Crippen LogP contribution in [-0.4, -0.2) is 16.5 Å². The number of aryl methyl sites for hydroxylation is 2. The topological polar surface area (TPSA) is 37.8 Å². The first-order valence-corrected chi connectivity index (χ1v) is 4.22. The number of hydrogen-bond acceptors (Lipinski definition) is 3. The van der Waals surface area contributed by atoms with E-state index in [9.17, 15) is 0 Å². The van der Waals surface area contributed by atoms with Crippen LogP contribution in [0, 0.1) is 26.2 Å². The Kier molecular flexibility index (Phi) is 3.27. The van der Waals surface area contributed by atoms with Crippen LogP contribution in [-0.2, 0) is 0 Å². The van der Waals surface area contributed by atoms with Gasteiger partial charge in [-0.3, -0.25) is 0 Å². The second kappa shape index (κ2) is 4.46. The smallest absolute Gasteiger partial charge is 0.223 e. The molecule has 3 nitrogen and oxygen atoms in total.